The molecule has 0 unspecified atom stereocenters. The van der Waals surface area contributed by atoms with E-state index in [1.54, 1.807) is 31.3 Å². The molecule has 0 spiro atoms. The summed E-state index contributed by atoms with van der Waals surface area (Å²) in [6.07, 6.45) is 0. The number of para-hydroxylation sites is 2. The van der Waals surface area contributed by atoms with E-state index in [1.165, 1.54) is 0 Å². The summed E-state index contributed by atoms with van der Waals surface area (Å²) in [4.78, 5) is 23.7. The lowest BCUT2D eigenvalue weighted by molar-refractivity contribution is -0.114. The zero-order valence-electron chi connectivity index (χ0n) is 13.8. The van der Waals surface area contributed by atoms with Crippen LogP contribution >= 0.6 is 0 Å². The predicted octanol–water partition coefficient (Wildman–Crippen LogP) is 2.50. The summed E-state index contributed by atoms with van der Waals surface area (Å²) in [5, 5.41) is 8.36. The van der Waals surface area contributed by atoms with Gasteiger partial charge in [0.15, 0.2) is 0 Å². The number of hydrogen-bond donors (Lipinski definition) is 3. The van der Waals surface area contributed by atoms with Crippen LogP contribution in [0.1, 0.15) is 17.3 Å². The molecule has 0 saturated carbocycles. The quantitative estimate of drug-likeness (QED) is 0.730. The third-order valence-electron chi connectivity index (χ3n) is 3.26. The van der Waals surface area contributed by atoms with Crippen molar-refractivity contribution in [3.05, 3.63) is 54.1 Å². The Morgan fingerprint density at radius 1 is 1.08 bits per heavy atom. The van der Waals surface area contributed by atoms with Crippen LogP contribution in [0.4, 0.5) is 11.4 Å². The molecule has 6 heteroatoms. The Labute approximate surface area is 141 Å². The first-order valence-electron chi connectivity index (χ1n) is 7.71. The largest absolute Gasteiger partial charge is 0.492 e. The molecule has 0 bridgehead atoms. The van der Waals surface area contributed by atoms with Crippen molar-refractivity contribution in [3.8, 4) is 5.75 Å². The minimum atomic E-state index is -0.213. The van der Waals surface area contributed by atoms with Crippen molar-refractivity contribution in [1.82, 2.24) is 5.32 Å². The highest BCUT2D eigenvalue weighted by Crippen LogP contribution is 2.23. The van der Waals surface area contributed by atoms with Gasteiger partial charge >= 0.3 is 0 Å². The molecule has 2 rings (SSSR count). The summed E-state index contributed by atoms with van der Waals surface area (Å²) in [5.41, 5.74) is 1.82. The Morgan fingerprint density at radius 2 is 1.88 bits per heavy atom. The first-order valence-corrected chi connectivity index (χ1v) is 7.71. The van der Waals surface area contributed by atoms with E-state index in [0.29, 0.717) is 23.6 Å². The van der Waals surface area contributed by atoms with E-state index < -0.39 is 0 Å². The third kappa shape index (κ3) is 4.74. The van der Waals surface area contributed by atoms with Gasteiger partial charge in [-0.3, -0.25) is 9.59 Å². The smallest absolute Gasteiger partial charge is 0.251 e. The number of carbonyl (C=O) groups is 2. The van der Waals surface area contributed by atoms with Crippen LogP contribution in [0.15, 0.2) is 48.5 Å². The Bertz CT molecular complexity index is 716. The number of amides is 2. The maximum absolute atomic E-state index is 12.1. The molecule has 2 aromatic rings. The summed E-state index contributed by atoms with van der Waals surface area (Å²) in [7, 11) is 1.56. The van der Waals surface area contributed by atoms with E-state index in [1.807, 2.05) is 31.2 Å². The molecule has 0 aliphatic carbocycles. The number of rotatable bonds is 7. The van der Waals surface area contributed by atoms with Gasteiger partial charge < -0.3 is 20.7 Å². The fourth-order valence-corrected chi connectivity index (χ4v) is 2.16. The molecule has 6 nitrogen and oxygen atoms in total. The van der Waals surface area contributed by atoms with Crippen molar-refractivity contribution in [2.24, 2.45) is 0 Å². The second kappa shape index (κ2) is 8.57. The van der Waals surface area contributed by atoms with E-state index in [4.69, 9.17) is 4.74 Å². The maximum Gasteiger partial charge on any atom is 0.251 e. The highest BCUT2D eigenvalue weighted by molar-refractivity contribution is 5.98. The van der Waals surface area contributed by atoms with Gasteiger partial charge in [0.05, 0.1) is 18.8 Å². The summed E-state index contributed by atoms with van der Waals surface area (Å²) < 4.78 is 5.50. The molecular formula is C18H21N3O3. The standard InChI is InChI=1S/C18H21N3O3/c1-3-24-16-10-5-4-9-15(16)20-12-17(22)21-14-8-6-7-13(11-14)18(23)19-2/h4-11,20H,3,12H2,1-2H3,(H,19,23)(H,21,22). The minimum absolute atomic E-state index is 0.0916. The van der Waals surface area contributed by atoms with E-state index in [-0.39, 0.29) is 18.4 Å². The molecule has 2 amide bonds. The van der Waals surface area contributed by atoms with Gasteiger partial charge in [-0.2, -0.15) is 0 Å². The van der Waals surface area contributed by atoms with Crippen LogP contribution in [0.5, 0.6) is 5.75 Å². The summed E-state index contributed by atoms with van der Waals surface area (Å²) >= 11 is 0. The van der Waals surface area contributed by atoms with E-state index >= 15 is 0 Å². The number of nitrogens with one attached hydrogen (secondary N) is 3. The first-order chi connectivity index (χ1) is 11.6. The zero-order valence-corrected chi connectivity index (χ0v) is 13.8. The van der Waals surface area contributed by atoms with Gasteiger partial charge in [-0.1, -0.05) is 18.2 Å². The number of ether oxygens (including phenoxy) is 1. The monoisotopic (exact) mass is 327 g/mol. The molecule has 126 valence electrons. The number of hydrogen-bond acceptors (Lipinski definition) is 4. The van der Waals surface area contributed by atoms with E-state index in [2.05, 4.69) is 16.0 Å². The van der Waals surface area contributed by atoms with Gasteiger partial charge in [-0.15, -0.1) is 0 Å². The lowest BCUT2D eigenvalue weighted by Crippen LogP contribution is -2.22. The topological polar surface area (TPSA) is 79.5 Å². The average molecular weight is 327 g/mol. The third-order valence-corrected chi connectivity index (χ3v) is 3.26. The second-order valence-electron chi connectivity index (χ2n) is 4.99. The molecule has 0 saturated heterocycles. The second-order valence-corrected chi connectivity index (χ2v) is 4.99. The van der Waals surface area contributed by atoms with Crippen LogP contribution in [0.2, 0.25) is 0 Å². The Hall–Kier alpha value is -3.02. The Morgan fingerprint density at radius 3 is 2.62 bits per heavy atom. The zero-order chi connectivity index (χ0) is 17.4. The molecule has 2 aromatic carbocycles. The van der Waals surface area contributed by atoms with Gasteiger partial charge in [0, 0.05) is 18.3 Å². The summed E-state index contributed by atoms with van der Waals surface area (Å²) in [5.74, 6) is 0.291. The normalized spacial score (nSPS) is 9.92. The predicted molar refractivity (Wildman–Crippen MR) is 94.6 cm³/mol. The number of benzene rings is 2. The Kier molecular flexibility index (Phi) is 6.19. The SMILES string of the molecule is CCOc1ccccc1NCC(=O)Nc1cccc(C(=O)NC)c1. The fraction of sp³-hybridized carbons (Fsp3) is 0.222. The molecule has 0 aliphatic heterocycles. The molecular weight excluding hydrogens is 306 g/mol. The lowest BCUT2D eigenvalue weighted by atomic mass is 10.2. The van der Waals surface area contributed by atoms with Crippen molar-refractivity contribution >= 4 is 23.2 Å². The fourth-order valence-electron chi connectivity index (χ4n) is 2.16. The van der Waals surface area contributed by atoms with Crippen molar-refractivity contribution in [2.45, 2.75) is 6.92 Å². The Balaban J connectivity index is 1.96. The molecule has 0 fully saturated rings. The van der Waals surface area contributed by atoms with Gasteiger partial charge in [0.25, 0.3) is 5.91 Å². The highest BCUT2D eigenvalue weighted by atomic mass is 16.5. The average Bonchev–Trinajstić information content (AvgIpc) is 2.61. The molecule has 0 aromatic heterocycles. The maximum atomic E-state index is 12.1. The molecule has 24 heavy (non-hydrogen) atoms. The lowest BCUT2D eigenvalue weighted by Gasteiger charge is -2.12. The van der Waals surface area contributed by atoms with Gasteiger partial charge in [0.1, 0.15) is 5.75 Å². The summed E-state index contributed by atoms with van der Waals surface area (Å²) in [6.45, 7) is 2.55. The van der Waals surface area contributed by atoms with Crippen LogP contribution in [0.3, 0.4) is 0 Å². The van der Waals surface area contributed by atoms with Crippen LogP contribution < -0.4 is 20.7 Å². The minimum Gasteiger partial charge on any atom is -0.492 e. The van der Waals surface area contributed by atoms with Crippen LogP contribution in [0.25, 0.3) is 0 Å². The molecule has 0 radical (unpaired) electrons. The van der Waals surface area contributed by atoms with Crippen LogP contribution in [-0.4, -0.2) is 32.0 Å². The number of carbonyl (C=O) groups excluding carboxylic acids is 2. The van der Waals surface area contributed by atoms with E-state index in [0.717, 1.165) is 5.69 Å². The molecule has 0 heterocycles. The number of anilines is 2. The summed E-state index contributed by atoms with van der Waals surface area (Å²) in [6, 6.07) is 14.2. The first kappa shape index (κ1) is 17.3. The van der Waals surface area contributed by atoms with Crippen molar-refractivity contribution in [3.63, 3.8) is 0 Å². The van der Waals surface area contributed by atoms with Gasteiger partial charge in [0.2, 0.25) is 5.91 Å². The van der Waals surface area contributed by atoms with Gasteiger partial charge in [-0.05, 0) is 37.3 Å². The van der Waals surface area contributed by atoms with E-state index in [9.17, 15) is 9.59 Å². The molecule has 0 atom stereocenters. The van der Waals surface area contributed by atoms with Crippen molar-refractivity contribution < 1.29 is 14.3 Å². The molecule has 0 aliphatic rings. The van der Waals surface area contributed by atoms with Crippen LogP contribution in [0, 0.1) is 0 Å². The van der Waals surface area contributed by atoms with Crippen LogP contribution in [-0.2, 0) is 4.79 Å². The van der Waals surface area contributed by atoms with Crippen molar-refractivity contribution in [2.75, 3.05) is 30.8 Å². The highest BCUT2D eigenvalue weighted by Gasteiger charge is 2.08. The van der Waals surface area contributed by atoms with Gasteiger partial charge in [-0.25, -0.2) is 0 Å². The van der Waals surface area contributed by atoms with Crippen molar-refractivity contribution in [1.29, 1.82) is 0 Å². The molecule has 3 N–H and O–H groups in total.